The van der Waals surface area contributed by atoms with Crippen molar-refractivity contribution in [1.82, 2.24) is 0 Å². The largest absolute Gasteiger partial charge is 0.497 e. The molecule has 0 bridgehead atoms. The van der Waals surface area contributed by atoms with E-state index in [2.05, 4.69) is 12.6 Å². The molecule has 1 unspecified atom stereocenters. The molecule has 1 N–H and O–H groups in total. The van der Waals surface area contributed by atoms with Crippen LogP contribution in [-0.2, 0) is 6.54 Å². The Morgan fingerprint density at radius 3 is 2.67 bits per heavy atom. The van der Waals surface area contributed by atoms with Crippen LogP contribution in [0.15, 0.2) is 88.3 Å². The number of aliphatic hydroxyl groups excluding tert-OH is 1. The van der Waals surface area contributed by atoms with Crippen LogP contribution < -0.4 is 4.74 Å². The normalized spacial score (nSPS) is 17.7. The minimum Gasteiger partial charge on any atom is -0.497 e. The van der Waals surface area contributed by atoms with Gasteiger partial charge in [0.15, 0.2) is 0 Å². The molecule has 4 nitrogen and oxygen atoms in total. The Morgan fingerprint density at radius 1 is 1.13 bits per heavy atom. The summed E-state index contributed by atoms with van der Waals surface area (Å²) >= 11 is 0. The number of furan rings is 1. The topological polar surface area (TPSA) is 55.0 Å². The van der Waals surface area contributed by atoms with Gasteiger partial charge in [0.1, 0.15) is 23.2 Å². The van der Waals surface area contributed by atoms with Gasteiger partial charge in [0.2, 0.25) is 0 Å². The van der Waals surface area contributed by atoms with Crippen LogP contribution in [-0.4, -0.2) is 24.0 Å². The van der Waals surface area contributed by atoms with Crippen molar-refractivity contribution in [3.8, 4) is 5.75 Å². The number of benzene rings is 2. The van der Waals surface area contributed by atoms with Crippen molar-refractivity contribution >= 4 is 22.3 Å². The molecule has 0 aliphatic heterocycles. The number of hydrogen-bond donors (Lipinski definition) is 1. The Hall–Kier alpha value is -3.37. The molecule has 1 aliphatic rings. The summed E-state index contributed by atoms with van der Waals surface area (Å²) in [4.78, 5) is 4.72. The summed E-state index contributed by atoms with van der Waals surface area (Å²) in [5, 5.41) is 12.1. The van der Waals surface area contributed by atoms with Gasteiger partial charge in [-0.2, -0.15) is 0 Å². The van der Waals surface area contributed by atoms with Crippen molar-refractivity contribution in [2.24, 2.45) is 4.99 Å². The van der Waals surface area contributed by atoms with E-state index in [9.17, 15) is 5.11 Å². The molecule has 2 aromatic carbocycles. The van der Waals surface area contributed by atoms with E-state index in [1.807, 2.05) is 67.6 Å². The van der Waals surface area contributed by atoms with Crippen molar-refractivity contribution < 1.29 is 14.3 Å². The first kappa shape index (κ1) is 19.9. The second kappa shape index (κ2) is 8.56. The molecule has 4 rings (SSSR count). The first-order valence-corrected chi connectivity index (χ1v) is 9.96. The number of nitrogens with zero attached hydrogens (tertiary/aromatic N) is 1. The predicted molar refractivity (Wildman–Crippen MR) is 122 cm³/mol. The lowest BCUT2D eigenvalue weighted by molar-refractivity contribution is 0.297. The third-order valence-electron chi connectivity index (χ3n) is 5.21. The zero-order valence-corrected chi connectivity index (χ0v) is 17.3. The summed E-state index contributed by atoms with van der Waals surface area (Å²) in [5.74, 6) is 1.68. The molecule has 0 saturated carbocycles. The fourth-order valence-corrected chi connectivity index (χ4v) is 3.68. The van der Waals surface area contributed by atoms with Gasteiger partial charge in [-0.25, -0.2) is 0 Å². The quantitative estimate of drug-likeness (QED) is 0.545. The summed E-state index contributed by atoms with van der Waals surface area (Å²) in [6, 6.07) is 15.8. The van der Waals surface area contributed by atoms with Crippen LogP contribution in [0.3, 0.4) is 0 Å². The summed E-state index contributed by atoms with van der Waals surface area (Å²) in [5.41, 5.74) is 5.43. The molecule has 3 aromatic rings. The fraction of sp³-hybridized carbons (Fsp3) is 0.192. The van der Waals surface area contributed by atoms with E-state index >= 15 is 0 Å². The van der Waals surface area contributed by atoms with E-state index in [0.717, 1.165) is 44.8 Å². The molecule has 152 valence electrons. The lowest BCUT2D eigenvalue weighted by Crippen LogP contribution is -2.24. The molecule has 1 aliphatic carbocycles. The standard InChI is InChI=1S/C26H25NO3/c1-4-5-19-13-23(20-8-11-25-21(15-20)12-17(2)30-25)26(28)24(14-19)27-16-18-6-9-22(29-3)10-7-18/h4,6-15,26,28H,1,5,16H2,2-3H3. The molecule has 0 fully saturated rings. The maximum Gasteiger partial charge on any atom is 0.134 e. The number of aryl methyl sites for hydroxylation is 1. The molecular weight excluding hydrogens is 374 g/mol. The lowest BCUT2D eigenvalue weighted by atomic mass is 9.88. The van der Waals surface area contributed by atoms with Crippen molar-refractivity contribution in [1.29, 1.82) is 0 Å². The molecule has 0 saturated heterocycles. The Kier molecular flexibility index (Phi) is 5.68. The van der Waals surface area contributed by atoms with Crippen molar-refractivity contribution in [2.75, 3.05) is 7.11 Å². The van der Waals surface area contributed by atoms with Gasteiger partial charge >= 0.3 is 0 Å². The minimum atomic E-state index is -0.790. The molecule has 0 amide bonds. The monoisotopic (exact) mass is 399 g/mol. The van der Waals surface area contributed by atoms with Crippen LogP contribution in [0.2, 0.25) is 0 Å². The highest BCUT2D eigenvalue weighted by Crippen LogP contribution is 2.31. The van der Waals surface area contributed by atoms with Gasteiger partial charge in [-0.1, -0.05) is 30.4 Å². The third-order valence-corrected chi connectivity index (χ3v) is 5.21. The Bertz CT molecular complexity index is 1160. The number of rotatable bonds is 6. The summed E-state index contributed by atoms with van der Waals surface area (Å²) in [6.45, 7) is 6.27. The van der Waals surface area contributed by atoms with E-state index in [1.165, 1.54) is 0 Å². The van der Waals surface area contributed by atoms with E-state index in [4.69, 9.17) is 14.1 Å². The number of ether oxygens (including phenoxy) is 1. The number of methoxy groups -OCH3 is 1. The van der Waals surface area contributed by atoms with Crippen molar-refractivity contribution in [3.05, 3.63) is 95.8 Å². The second-order valence-electron chi connectivity index (χ2n) is 7.41. The third kappa shape index (κ3) is 4.14. The van der Waals surface area contributed by atoms with Gasteiger partial charge in [-0.15, -0.1) is 6.58 Å². The average molecular weight is 399 g/mol. The molecule has 1 atom stereocenters. The first-order valence-electron chi connectivity index (χ1n) is 9.96. The Balaban J connectivity index is 1.66. The zero-order valence-electron chi connectivity index (χ0n) is 17.3. The van der Waals surface area contributed by atoms with Crippen molar-refractivity contribution in [3.63, 3.8) is 0 Å². The van der Waals surface area contributed by atoms with Gasteiger partial charge in [-0.3, -0.25) is 4.99 Å². The highest BCUT2D eigenvalue weighted by molar-refractivity contribution is 6.09. The Labute approximate surface area is 176 Å². The van der Waals surface area contributed by atoms with Crippen LogP contribution in [0.25, 0.3) is 16.5 Å². The van der Waals surface area contributed by atoms with Gasteiger partial charge in [0.25, 0.3) is 0 Å². The highest BCUT2D eigenvalue weighted by atomic mass is 16.5. The van der Waals surface area contributed by atoms with Crippen LogP contribution in [0.5, 0.6) is 5.75 Å². The van der Waals surface area contributed by atoms with E-state index < -0.39 is 6.10 Å². The summed E-state index contributed by atoms with van der Waals surface area (Å²) in [6.07, 6.45) is 5.78. The van der Waals surface area contributed by atoms with Gasteiger partial charge in [0.05, 0.1) is 19.4 Å². The number of aliphatic hydroxyl groups is 1. The maximum atomic E-state index is 11.1. The molecule has 0 radical (unpaired) electrons. The average Bonchev–Trinajstić information content (AvgIpc) is 3.13. The summed E-state index contributed by atoms with van der Waals surface area (Å²) in [7, 11) is 1.65. The first-order chi connectivity index (χ1) is 14.6. The molecule has 1 aromatic heterocycles. The predicted octanol–water partition coefficient (Wildman–Crippen LogP) is 5.65. The minimum absolute atomic E-state index is 0.488. The van der Waals surface area contributed by atoms with Gasteiger partial charge in [0, 0.05) is 5.39 Å². The van der Waals surface area contributed by atoms with Gasteiger partial charge in [-0.05, 0) is 72.0 Å². The van der Waals surface area contributed by atoms with Crippen molar-refractivity contribution in [2.45, 2.75) is 26.0 Å². The summed E-state index contributed by atoms with van der Waals surface area (Å²) < 4.78 is 10.9. The Morgan fingerprint density at radius 2 is 1.93 bits per heavy atom. The number of hydrogen-bond acceptors (Lipinski definition) is 4. The smallest absolute Gasteiger partial charge is 0.134 e. The van der Waals surface area contributed by atoms with Crippen LogP contribution in [0.1, 0.15) is 23.3 Å². The van der Waals surface area contributed by atoms with E-state index in [0.29, 0.717) is 18.7 Å². The van der Waals surface area contributed by atoms with Gasteiger partial charge < -0.3 is 14.3 Å². The molecule has 4 heteroatoms. The molecule has 0 spiro atoms. The number of allylic oxidation sites excluding steroid dienone is 3. The maximum absolute atomic E-state index is 11.1. The van der Waals surface area contributed by atoms with Crippen LogP contribution in [0, 0.1) is 6.92 Å². The lowest BCUT2D eigenvalue weighted by Gasteiger charge is -2.22. The second-order valence-corrected chi connectivity index (χ2v) is 7.41. The highest BCUT2D eigenvalue weighted by Gasteiger charge is 2.23. The zero-order chi connectivity index (χ0) is 21.1. The molecular formula is C26H25NO3. The van der Waals surface area contributed by atoms with Crippen LogP contribution >= 0.6 is 0 Å². The molecule has 1 heterocycles. The van der Waals surface area contributed by atoms with Crippen LogP contribution in [0.4, 0.5) is 0 Å². The fourth-order valence-electron chi connectivity index (χ4n) is 3.68. The number of aliphatic imine (C=N–C) groups is 1. The number of fused-ring (bicyclic) bond motifs is 1. The molecule has 30 heavy (non-hydrogen) atoms. The van der Waals surface area contributed by atoms with E-state index in [1.54, 1.807) is 7.11 Å². The van der Waals surface area contributed by atoms with E-state index in [-0.39, 0.29) is 0 Å². The SMILES string of the molecule is C=CCC1=CC(=NCc2ccc(OC)cc2)C(O)C(c2ccc3oc(C)cc3c2)=C1.